The van der Waals surface area contributed by atoms with E-state index in [9.17, 15) is 9.90 Å². The topological polar surface area (TPSA) is 65.0 Å². The number of fused-ring (bicyclic) bond motifs is 6. The Kier molecular flexibility index (Phi) is 4.66. The lowest BCUT2D eigenvalue weighted by atomic mass is 9.77. The molecule has 2 heterocycles. The van der Waals surface area contributed by atoms with Crippen molar-refractivity contribution in [1.29, 1.82) is 0 Å². The van der Waals surface area contributed by atoms with Gasteiger partial charge in [0.1, 0.15) is 23.0 Å². The number of ether oxygens (including phenoxy) is 3. The van der Waals surface area contributed by atoms with Gasteiger partial charge in [0.25, 0.3) is 0 Å². The van der Waals surface area contributed by atoms with Crippen LogP contribution in [0.3, 0.4) is 0 Å². The molecule has 148 valence electrons. The molecular formula is C24H22O5. The SMILES string of the molecule is CC.CCOc1ccc2c(c1)Oc1cc(O)ccc1C21OC(=O)c2ccccc21. The van der Waals surface area contributed by atoms with E-state index in [2.05, 4.69) is 0 Å². The van der Waals surface area contributed by atoms with Crippen LogP contribution >= 0.6 is 0 Å². The fourth-order valence-corrected chi connectivity index (χ4v) is 3.90. The molecule has 0 aliphatic carbocycles. The number of phenolic OH excluding ortho intramolecular Hbond substituents is 1. The third-order valence-electron chi connectivity index (χ3n) is 4.98. The standard InChI is InChI=1S/C22H16O5.C2H6/c1-2-25-14-8-10-18-20(12-14)26-19-11-13(23)7-9-17(19)22(18)16-6-4-3-5-15(16)21(24)27-22;1-2/h3-12,23H,2H2,1H3;1-2H3. The zero-order valence-corrected chi connectivity index (χ0v) is 16.6. The van der Waals surface area contributed by atoms with Crippen LogP contribution in [0.15, 0.2) is 60.7 Å². The highest BCUT2D eigenvalue weighted by Gasteiger charge is 2.53. The van der Waals surface area contributed by atoms with E-state index in [0.29, 0.717) is 35.0 Å². The van der Waals surface area contributed by atoms with Gasteiger partial charge in [-0.1, -0.05) is 32.0 Å². The van der Waals surface area contributed by atoms with Gasteiger partial charge in [-0.25, -0.2) is 4.79 Å². The minimum Gasteiger partial charge on any atom is -0.508 e. The second-order valence-corrected chi connectivity index (χ2v) is 6.49. The second-order valence-electron chi connectivity index (χ2n) is 6.49. The summed E-state index contributed by atoms with van der Waals surface area (Å²) in [5.74, 6) is 1.33. The number of hydrogen-bond donors (Lipinski definition) is 1. The first-order chi connectivity index (χ1) is 14.1. The van der Waals surface area contributed by atoms with Crippen molar-refractivity contribution in [1.82, 2.24) is 0 Å². The van der Waals surface area contributed by atoms with Gasteiger partial charge in [0, 0.05) is 28.8 Å². The molecule has 2 aliphatic heterocycles. The lowest BCUT2D eigenvalue weighted by Crippen LogP contribution is -2.32. The summed E-state index contributed by atoms with van der Waals surface area (Å²) in [6, 6.07) is 17.7. The van der Waals surface area contributed by atoms with E-state index in [-0.39, 0.29) is 11.7 Å². The lowest BCUT2D eigenvalue weighted by Gasteiger charge is -2.36. The maximum Gasteiger partial charge on any atom is 0.340 e. The van der Waals surface area contributed by atoms with Gasteiger partial charge in [0.15, 0.2) is 5.60 Å². The average Bonchev–Trinajstić information content (AvgIpc) is 3.03. The molecule has 0 bridgehead atoms. The molecule has 0 saturated heterocycles. The van der Waals surface area contributed by atoms with Crippen LogP contribution < -0.4 is 9.47 Å². The van der Waals surface area contributed by atoms with Gasteiger partial charge >= 0.3 is 5.97 Å². The molecule has 0 saturated carbocycles. The molecule has 1 unspecified atom stereocenters. The van der Waals surface area contributed by atoms with Crippen LogP contribution in [0, 0.1) is 0 Å². The first kappa shape index (κ1) is 18.9. The molecule has 0 radical (unpaired) electrons. The quantitative estimate of drug-likeness (QED) is 0.595. The molecule has 5 rings (SSSR count). The van der Waals surface area contributed by atoms with Crippen LogP contribution in [-0.2, 0) is 10.3 Å². The average molecular weight is 390 g/mol. The van der Waals surface area contributed by atoms with Gasteiger partial charge in [0.05, 0.1) is 12.2 Å². The minimum absolute atomic E-state index is 0.0749. The predicted octanol–water partition coefficient (Wildman–Crippen LogP) is 5.39. The van der Waals surface area contributed by atoms with E-state index in [1.54, 1.807) is 24.3 Å². The molecule has 0 aromatic heterocycles. The summed E-state index contributed by atoms with van der Waals surface area (Å²) in [6.45, 7) is 6.43. The Hall–Kier alpha value is -3.47. The molecule has 0 amide bonds. The van der Waals surface area contributed by atoms with E-state index >= 15 is 0 Å². The Morgan fingerprint density at radius 2 is 1.62 bits per heavy atom. The summed E-state index contributed by atoms with van der Waals surface area (Å²) in [7, 11) is 0. The molecule has 3 aromatic rings. The predicted molar refractivity (Wildman–Crippen MR) is 109 cm³/mol. The van der Waals surface area contributed by atoms with Crippen molar-refractivity contribution in [2.24, 2.45) is 0 Å². The summed E-state index contributed by atoms with van der Waals surface area (Å²) in [4.78, 5) is 12.7. The van der Waals surface area contributed by atoms with E-state index in [1.165, 1.54) is 6.07 Å². The number of benzene rings is 3. The minimum atomic E-state index is -1.12. The van der Waals surface area contributed by atoms with Crippen LogP contribution in [0.25, 0.3) is 0 Å². The normalized spacial score (nSPS) is 17.8. The van der Waals surface area contributed by atoms with Crippen LogP contribution in [0.2, 0.25) is 0 Å². The van der Waals surface area contributed by atoms with Crippen molar-refractivity contribution in [3.8, 4) is 23.0 Å². The summed E-state index contributed by atoms with van der Waals surface area (Å²) < 4.78 is 17.7. The Balaban J connectivity index is 0.000000994. The molecule has 29 heavy (non-hydrogen) atoms. The molecule has 2 aliphatic rings. The van der Waals surface area contributed by atoms with Gasteiger partial charge < -0.3 is 19.3 Å². The Morgan fingerprint density at radius 3 is 2.38 bits per heavy atom. The summed E-state index contributed by atoms with van der Waals surface area (Å²) >= 11 is 0. The van der Waals surface area contributed by atoms with Gasteiger partial charge in [-0.05, 0) is 37.3 Å². The van der Waals surface area contributed by atoms with Crippen LogP contribution in [0.4, 0.5) is 0 Å². The highest BCUT2D eigenvalue weighted by atomic mass is 16.6. The Bertz CT molecular complexity index is 1090. The number of esters is 1. The summed E-state index contributed by atoms with van der Waals surface area (Å²) in [5, 5.41) is 9.94. The molecule has 1 N–H and O–H groups in total. The number of hydrogen-bond acceptors (Lipinski definition) is 5. The molecule has 0 fully saturated rings. The molecule has 5 heteroatoms. The van der Waals surface area contributed by atoms with Crippen molar-refractivity contribution in [2.75, 3.05) is 6.61 Å². The Morgan fingerprint density at radius 1 is 0.931 bits per heavy atom. The number of aromatic hydroxyl groups is 1. The number of carbonyl (C=O) groups is 1. The highest BCUT2D eigenvalue weighted by molar-refractivity contribution is 5.97. The fourth-order valence-electron chi connectivity index (χ4n) is 3.90. The maximum absolute atomic E-state index is 12.7. The molecule has 5 nitrogen and oxygen atoms in total. The smallest absolute Gasteiger partial charge is 0.340 e. The van der Waals surface area contributed by atoms with Gasteiger partial charge in [-0.3, -0.25) is 0 Å². The van der Waals surface area contributed by atoms with E-state index in [1.807, 2.05) is 51.1 Å². The first-order valence-electron chi connectivity index (χ1n) is 9.75. The van der Waals surface area contributed by atoms with Crippen molar-refractivity contribution >= 4 is 5.97 Å². The Labute approximate surface area is 169 Å². The van der Waals surface area contributed by atoms with Crippen molar-refractivity contribution in [2.45, 2.75) is 26.4 Å². The number of phenols is 1. The molecule has 3 aromatic carbocycles. The number of carbonyl (C=O) groups excluding carboxylic acids is 1. The zero-order valence-electron chi connectivity index (χ0n) is 16.6. The van der Waals surface area contributed by atoms with Crippen molar-refractivity contribution in [3.63, 3.8) is 0 Å². The van der Waals surface area contributed by atoms with Crippen molar-refractivity contribution in [3.05, 3.63) is 82.9 Å². The maximum atomic E-state index is 12.7. The monoisotopic (exact) mass is 390 g/mol. The van der Waals surface area contributed by atoms with Crippen LogP contribution in [-0.4, -0.2) is 17.7 Å². The molecule has 1 atom stereocenters. The third-order valence-corrected chi connectivity index (χ3v) is 4.98. The summed E-state index contributed by atoms with van der Waals surface area (Å²) in [5.41, 5.74) is 1.57. The highest BCUT2D eigenvalue weighted by Crippen LogP contribution is 2.56. The zero-order chi connectivity index (χ0) is 20.6. The second kappa shape index (κ2) is 7.17. The van der Waals surface area contributed by atoms with Crippen molar-refractivity contribution < 1.29 is 24.1 Å². The van der Waals surface area contributed by atoms with Gasteiger partial charge in [-0.2, -0.15) is 0 Å². The molecule has 1 spiro atoms. The largest absolute Gasteiger partial charge is 0.508 e. The molecular weight excluding hydrogens is 368 g/mol. The van der Waals surface area contributed by atoms with Gasteiger partial charge in [-0.15, -0.1) is 0 Å². The number of rotatable bonds is 2. The van der Waals surface area contributed by atoms with Gasteiger partial charge in [0.2, 0.25) is 0 Å². The van der Waals surface area contributed by atoms with E-state index < -0.39 is 5.60 Å². The van der Waals surface area contributed by atoms with E-state index in [4.69, 9.17) is 14.2 Å². The van der Waals surface area contributed by atoms with Crippen LogP contribution in [0.1, 0.15) is 47.8 Å². The van der Waals surface area contributed by atoms with E-state index in [0.717, 1.165) is 11.1 Å². The summed E-state index contributed by atoms with van der Waals surface area (Å²) in [6.07, 6.45) is 0. The lowest BCUT2D eigenvalue weighted by molar-refractivity contribution is 0.0224. The van der Waals surface area contributed by atoms with Crippen LogP contribution in [0.5, 0.6) is 23.0 Å². The fraction of sp³-hybridized carbons (Fsp3) is 0.208. The third kappa shape index (κ3) is 2.73. The first-order valence-corrected chi connectivity index (χ1v) is 9.75.